The van der Waals surface area contributed by atoms with Crippen LogP contribution in [-0.2, 0) is 9.59 Å². The molecule has 2 rings (SSSR count). The maximum atomic E-state index is 12.9. The van der Waals surface area contributed by atoms with E-state index in [0.29, 0.717) is 5.56 Å². The fourth-order valence-electron chi connectivity index (χ4n) is 2.62. The van der Waals surface area contributed by atoms with Crippen LogP contribution in [0.5, 0.6) is 0 Å². The highest BCUT2D eigenvalue weighted by atomic mass is 32.2. The molecule has 0 radical (unpaired) electrons. The molecule has 1 aromatic rings. The fraction of sp³-hybridized carbons (Fsp3) is 0.438. The molecule has 1 fully saturated rings. The number of amides is 1. The first-order valence-electron chi connectivity index (χ1n) is 7.43. The van der Waals surface area contributed by atoms with E-state index in [1.54, 1.807) is 30.3 Å². The molecular weight excluding hydrogens is 359 g/mol. The minimum absolute atomic E-state index is 0.0225. The van der Waals surface area contributed by atoms with Crippen molar-refractivity contribution in [2.24, 2.45) is 11.8 Å². The molecule has 2 atom stereocenters. The van der Waals surface area contributed by atoms with Crippen LogP contribution in [0.15, 0.2) is 30.3 Å². The molecule has 0 saturated carbocycles. The van der Waals surface area contributed by atoms with E-state index in [1.807, 2.05) is 0 Å². The van der Waals surface area contributed by atoms with Gasteiger partial charge in [-0.05, 0) is 0 Å². The predicted octanol–water partition coefficient (Wildman–Crippen LogP) is 2.32. The second kappa shape index (κ2) is 7.90. The maximum absolute atomic E-state index is 12.9. The molecule has 0 spiro atoms. The molecule has 1 amide bonds. The lowest BCUT2D eigenvalue weighted by atomic mass is 9.96. The van der Waals surface area contributed by atoms with Crippen LogP contribution in [0.25, 0.3) is 0 Å². The minimum Gasteiger partial charge on any atom is -0.481 e. The highest BCUT2D eigenvalue weighted by Gasteiger charge is 2.53. The number of hydrogen-bond donors (Lipinski definition) is 1. The molecule has 1 aliphatic heterocycles. The Morgan fingerprint density at radius 3 is 2.28 bits per heavy atom. The van der Waals surface area contributed by atoms with Gasteiger partial charge in [0.25, 0.3) is 0 Å². The number of halogens is 3. The summed E-state index contributed by atoms with van der Waals surface area (Å²) in [6.07, 6.45) is -4.67. The van der Waals surface area contributed by atoms with E-state index < -0.39 is 43.0 Å². The van der Waals surface area contributed by atoms with Crippen molar-refractivity contribution in [3.05, 3.63) is 35.9 Å². The zero-order valence-corrected chi connectivity index (χ0v) is 13.8. The smallest absolute Gasteiger partial charge is 0.394 e. The molecule has 25 heavy (non-hydrogen) atoms. The highest BCUT2D eigenvalue weighted by Crippen LogP contribution is 2.37. The van der Waals surface area contributed by atoms with Crippen molar-refractivity contribution < 1.29 is 32.7 Å². The molecule has 0 bridgehead atoms. The number of rotatable bonds is 6. The van der Waals surface area contributed by atoms with Gasteiger partial charge in [-0.3, -0.25) is 14.4 Å². The van der Waals surface area contributed by atoms with Gasteiger partial charge in [-0.25, -0.2) is 0 Å². The summed E-state index contributed by atoms with van der Waals surface area (Å²) in [7, 11) is 0. The fourth-order valence-corrected chi connectivity index (χ4v) is 3.43. The third kappa shape index (κ3) is 4.97. The molecular formula is C16H16F3NO4S. The van der Waals surface area contributed by atoms with Gasteiger partial charge in [0.05, 0.1) is 23.3 Å². The first-order valence-corrected chi connectivity index (χ1v) is 8.59. The van der Waals surface area contributed by atoms with Crippen LogP contribution < -0.4 is 0 Å². The summed E-state index contributed by atoms with van der Waals surface area (Å²) in [5, 5.41) is 8.93. The minimum atomic E-state index is -4.67. The Morgan fingerprint density at radius 1 is 1.12 bits per heavy atom. The van der Waals surface area contributed by atoms with Crippen molar-refractivity contribution in [2.45, 2.75) is 6.18 Å². The first-order chi connectivity index (χ1) is 11.7. The summed E-state index contributed by atoms with van der Waals surface area (Å²) in [5.41, 5.74) is 0.492. The summed E-state index contributed by atoms with van der Waals surface area (Å²) < 4.78 is 38.7. The Bertz CT molecular complexity index is 651. The summed E-state index contributed by atoms with van der Waals surface area (Å²) in [5.74, 6) is -6.21. The number of carbonyl (C=O) groups excluding carboxylic acids is 2. The Labute approximate surface area is 146 Å². The summed E-state index contributed by atoms with van der Waals surface area (Å²) >= 11 is 1.00. The van der Waals surface area contributed by atoms with E-state index in [1.165, 1.54) is 0 Å². The number of carboxylic acid groups (broad SMARTS) is 1. The molecule has 1 N–H and O–H groups in total. The molecule has 0 aromatic heterocycles. The zero-order chi connectivity index (χ0) is 18.6. The Morgan fingerprint density at radius 2 is 1.76 bits per heavy atom. The van der Waals surface area contributed by atoms with Gasteiger partial charge in [-0.15, -0.1) is 11.8 Å². The molecule has 1 aliphatic rings. The van der Waals surface area contributed by atoms with Crippen LogP contribution in [0, 0.1) is 11.8 Å². The number of hydrogen-bond acceptors (Lipinski definition) is 4. The molecule has 9 heteroatoms. The van der Waals surface area contributed by atoms with E-state index in [4.69, 9.17) is 5.11 Å². The number of nitrogens with zero attached hydrogens (tertiary/aromatic N) is 1. The van der Waals surface area contributed by atoms with Crippen LogP contribution in [0.2, 0.25) is 0 Å². The standard InChI is InChI=1S/C16H16F3NO4S/c17-16(18,19)12-7-20(6-11(12)15(23)24)14(22)9-25-8-13(21)10-4-2-1-3-5-10/h1-5,11-12H,6-9H2,(H,23,24)/t11-,12-/m1/s1. The normalized spacial score (nSPS) is 20.5. The van der Waals surface area contributed by atoms with Crippen molar-refractivity contribution in [3.8, 4) is 0 Å². The number of likely N-dealkylation sites (tertiary alicyclic amines) is 1. The van der Waals surface area contributed by atoms with Gasteiger partial charge in [-0.2, -0.15) is 13.2 Å². The van der Waals surface area contributed by atoms with Gasteiger partial charge in [0.2, 0.25) is 5.91 Å². The van der Waals surface area contributed by atoms with Crippen molar-refractivity contribution in [1.82, 2.24) is 4.90 Å². The van der Waals surface area contributed by atoms with Crippen LogP contribution in [0.4, 0.5) is 13.2 Å². The average molecular weight is 375 g/mol. The monoisotopic (exact) mass is 375 g/mol. The number of ketones is 1. The molecule has 0 aliphatic carbocycles. The molecule has 1 aromatic carbocycles. The Kier molecular flexibility index (Phi) is 6.10. The van der Waals surface area contributed by atoms with Gasteiger partial charge in [0, 0.05) is 18.7 Å². The lowest BCUT2D eigenvalue weighted by Gasteiger charge is -2.18. The maximum Gasteiger partial charge on any atom is 0.394 e. The summed E-state index contributed by atoms with van der Waals surface area (Å²) in [6.45, 7) is -1.13. The number of carbonyl (C=O) groups is 3. The summed E-state index contributed by atoms with van der Waals surface area (Å²) in [6, 6.07) is 8.44. The van der Waals surface area contributed by atoms with Crippen LogP contribution in [-0.4, -0.2) is 58.4 Å². The molecule has 1 heterocycles. The van der Waals surface area contributed by atoms with Crippen LogP contribution in [0.1, 0.15) is 10.4 Å². The number of Topliss-reactive ketones (excluding diaryl/α,β-unsaturated/α-hetero) is 1. The number of aliphatic carboxylic acids is 1. The molecule has 136 valence electrons. The van der Waals surface area contributed by atoms with E-state index in [9.17, 15) is 27.6 Å². The van der Waals surface area contributed by atoms with Crippen molar-refractivity contribution in [2.75, 3.05) is 24.6 Å². The quantitative estimate of drug-likeness (QED) is 0.773. The Balaban J connectivity index is 1.87. The topological polar surface area (TPSA) is 74.7 Å². The van der Waals surface area contributed by atoms with E-state index in [-0.39, 0.29) is 17.3 Å². The van der Waals surface area contributed by atoms with Crippen LogP contribution in [0.3, 0.4) is 0 Å². The Hall–Kier alpha value is -2.03. The number of thioether (sulfide) groups is 1. The summed E-state index contributed by atoms with van der Waals surface area (Å²) in [4.78, 5) is 35.9. The van der Waals surface area contributed by atoms with Crippen molar-refractivity contribution in [3.63, 3.8) is 0 Å². The predicted molar refractivity (Wildman–Crippen MR) is 85.3 cm³/mol. The van der Waals surface area contributed by atoms with Gasteiger partial charge < -0.3 is 10.0 Å². The molecule has 0 unspecified atom stereocenters. The van der Waals surface area contributed by atoms with Gasteiger partial charge >= 0.3 is 12.1 Å². The van der Waals surface area contributed by atoms with E-state index >= 15 is 0 Å². The molecule has 5 nitrogen and oxygen atoms in total. The van der Waals surface area contributed by atoms with Crippen molar-refractivity contribution in [1.29, 1.82) is 0 Å². The first kappa shape index (κ1) is 19.3. The SMILES string of the molecule is O=C(CSCC(=O)N1C[C@@H](C(F)(F)F)[C@H](C(=O)O)C1)c1ccccc1. The lowest BCUT2D eigenvalue weighted by molar-refractivity contribution is -0.188. The van der Waals surface area contributed by atoms with Crippen molar-refractivity contribution >= 4 is 29.4 Å². The third-order valence-corrected chi connectivity index (χ3v) is 4.88. The average Bonchev–Trinajstić information content (AvgIpc) is 3.01. The second-order valence-electron chi connectivity index (χ2n) is 5.67. The van der Waals surface area contributed by atoms with E-state index in [0.717, 1.165) is 16.7 Å². The third-order valence-electron chi connectivity index (χ3n) is 3.96. The largest absolute Gasteiger partial charge is 0.481 e. The highest BCUT2D eigenvalue weighted by molar-refractivity contribution is 8.00. The number of carboxylic acids is 1. The lowest BCUT2D eigenvalue weighted by Crippen LogP contribution is -2.34. The molecule has 1 saturated heterocycles. The van der Waals surface area contributed by atoms with Gasteiger partial charge in [-0.1, -0.05) is 30.3 Å². The second-order valence-corrected chi connectivity index (χ2v) is 6.66. The number of benzene rings is 1. The zero-order valence-electron chi connectivity index (χ0n) is 13.0. The van der Waals surface area contributed by atoms with Gasteiger partial charge in [0.15, 0.2) is 5.78 Å². The van der Waals surface area contributed by atoms with Gasteiger partial charge in [0.1, 0.15) is 0 Å². The number of alkyl halides is 3. The van der Waals surface area contributed by atoms with Crippen LogP contribution >= 0.6 is 11.8 Å². The van der Waals surface area contributed by atoms with E-state index in [2.05, 4.69) is 0 Å².